The molecule has 0 bridgehead atoms. The smallest absolute Gasteiger partial charge is 0.194 e. The summed E-state index contributed by atoms with van der Waals surface area (Å²) >= 11 is 0. The molecular weight excluding hydrogens is 130 g/mol. The van der Waals surface area contributed by atoms with E-state index in [4.69, 9.17) is 17.2 Å². The third-order valence-electron chi connectivity index (χ3n) is 0.672. The monoisotopic (exact) mass is 143 g/mol. The van der Waals surface area contributed by atoms with Crippen molar-refractivity contribution in [1.29, 1.82) is 0 Å². The summed E-state index contributed by atoms with van der Waals surface area (Å²) in [5, 5.41) is 0. The van der Waals surface area contributed by atoms with Gasteiger partial charge in [0.25, 0.3) is 0 Å². The first kappa shape index (κ1) is 8.90. The Labute approximate surface area is 60.0 Å². The minimum Gasteiger partial charge on any atom is -0.370 e. The summed E-state index contributed by atoms with van der Waals surface area (Å²) in [6.45, 7) is 3.64. The maximum atomic E-state index is 5.34. The number of hydrogen-bond donors (Lipinski definition) is 3. The van der Waals surface area contributed by atoms with Crippen LogP contribution < -0.4 is 17.2 Å². The topological polar surface area (TPSA) is 103 Å². The second-order valence-corrected chi connectivity index (χ2v) is 2.04. The zero-order valence-electron chi connectivity index (χ0n) is 6.20. The average Bonchev–Trinajstić information content (AvgIpc) is 1.58. The molecule has 6 N–H and O–H groups in total. The lowest BCUT2D eigenvalue weighted by molar-refractivity contribution is 0.750. The first-order chi connectivity index (χ1) is 4.52. The largest absolute Gasteiger partial charge is 0.370 e. The summed E-state index contributed by atoms with van der Waals surface area (Å²) in [6.07, 6.45) is -0.657. The maximum Gasteiger partial charge on any atom is 0.194 e. The van der Waals surface area contributed by atoms with Gasteiger partial charge in [0, 0.05) is 5.71 Å². The molecule has 0 amide bonds. The fourth-order valence-corrected chi connectivity index (χ4v) is 0.446. The Morgan fingerprint density at radius 2 is 1.70 bits per heavy atom. The van der Waals surface area contributed by atoms with Gasteiger partial charge in [-0.1, -0.05) is 0 Å². The summed E-state index contributed by atoms with van der Waals surface area (Å²) in [6, 6.07) is 0. The molecular formula is C5H13N5. The van der Waals surface area contributed by atoms with Crippen LogP contribution in [0.15, 0.2) is 9.98 Å². The van der Waals surface area contributed by atoms with Crippen LogP contribution in [0.3, 0.4) is 0 Å². The van der Waals surface area contributed by atoms with Crippen molar-refractivity contribution in [2.75, 3.05) is 0 Å². The SMILES string of the molecule is CC(C)=NC(N)N=C(N)N. The van der Waals surface area contributed by atoms with E-state index < -0.39 is 6.29 Å². The normalized spacial score (nSPS) is 11.9. The predicted octanol–water partition coefficient (Wildman–Crippen LogP) is -1.02. The molecule has 0 spiro atoms. The summed E-state index contributed by atoms with van der Waals surface area (Å²) in [4.78, 5) is 7.44. The van der Waals surface area contributed by atoms with Crippen molar-refractivity contribution in [2.24, 2.45) is 27.2 Å². The highest BCUT2D eigenvalue weighted by atomic mass is 15.2. The molecule has 0 saturated carbocycles. The first-order valence-corrected chi connectivity index (χ1v) is 2.87. The van der Waals surface area contributed by atoms with E-state index in [1.165, 1.54) is 0 Å². The van der Waals surface area contributed by atoms with E-state index in [1.807, 2.05) is 13.8 Å². The molecule has 0 fully saturated rings. The van der Waals surface area contributed by atoms with Crippen LogP contribution in [0.4, 0.5) is 0 Å². The highest BCUT2D eigenvalue weighted by Crippen LogP contribution is 1.83. The van der Waals surface area contributed by atoms with Crippen molar-refractivity contribution < 1.29 is 0 Å². The van der Waals surface area contributed by atoms with Gasteiger partial charge in [0.15, 0.2) is 12.2 Å². The molecule has 0 aliphatic heterocycles. The molecule has 5 nitrogen and oxygen atoms in total. The zero-order valence-corrected chi connectivity index (χ0v) is 6.20. The predicted molar refractivity (Wildman–Crippen MR) is 42.6 cm³/mol. The molecule has 0 rings (SSSR count). The van der Waals surface area contributed by atoms with Gasteiger partial charge in [-0.3, -0.25) is 10.7 Å². The lowest BCUT2D eigenvalue weighted by Crippen LogP contribution is -2.28. The molecule has 0 aromatic heterocycles. The van der Waals surface area contributed by atoms with Crippen molar-refractivity contribution in [3.05, 3.63) is 0 Å². The van der Waals surface area contributed by atoms with Crippen LogP contribution in [0.5, 0.6) is 0 Å². The lowest BCUT2D eigenvalue weighted by Gasteiger charge is -1.99. The van der Waals surface area contributed by atoms with Crippen LogP contribution in [-0.4, -0.2) is 18.0 Å². The van der Waals surface area contributed by atoms with E-state index in [0.717, 1.165) is 5.71 Å². The zero-order chi connectivity index (χ0) is 8.15. The Kier molecular flexibility index (Phi) is 3.42. The van der Waals surface area contributed by atoms with Gasteiger partial charge < -0.3 is 11.5 Å². The summed E-state index contributed by atoms with van der Waals surface area (Å²) in [5.74, 6) is -0.0440. The second kappa shape index (κ2) is 3.84. The average molecular weight is 143 g/mol. The Bertz CT molecular complexity index is 133. The maximum absolute atomic E-state index is 5.34. The fraction of sp³-hybridized carbons (Fsp3) is 0.600. The van der Waals surface area contributed by atoms with Crippen LogP contribution in [0.25, 0.3) is 0 Å². The highest BCUT2D eigenvalue weighted by molar-refractivity contribution is 5.80. The molecule has 0 saturated heterocycles. The van der Waals surface area contributed by atoms with Crippen molar-refractivity contribution >= 4 is 11.7 Å². The van der Waals surface area contributed by atoms with Crippen molar-refractivity contribution in [2.45, 2.75) is 20.1 Å². The van der Waals surface area contributed by atoms with Crippen LogP contribution in [0, 0.1) is 0 Å². The lowest BCUT2D eigenvalue weighted by atomic mass is 10.5. The summed E-state index contributed by atoms with van der Waals surface area (Å²) in [5.41, 5.74) is 16.3. The van der Waals surface area contributed by atoms with Gasteiger partial charge in [-0.2, -0.15) is 0 Å². The van der Waals surface area contributed by atoms with E-state index in [9.17, 15) is 0 Å². The van der Waals surface area contributed by atoms with Crippen molar-refractivity contribution in [3.8, 4) is 0 Å². The molecule has 1 atom stereocenters. The molecule has 5 heteroatoms. The van der Waals surface area contributed by atoms with Crippen LogP contribution in [0.2, 0.25) is 0 Å². The van der Waals surface area contributed by atoms with Gasteiger partial charge in [0.1, 0.15) is 0 Å². The first-order valence-electron chi connectivity index (χ1n) is 2.87. The van der Waals surface area contributed by atoms with Crippen LogP contribution in [0.1, 0.15) is 13.8 Å². The van der Waals surface area contributed by atoms with Crippen molar-refractivity contribution in [3.63, 3.8) is 0 Å². The summed E-state index contributed by atoms with van der Waals surface area (Å²) in [7, 11) is 0. The van der Waals surface area contributed by atoms with Gasteiger partial charge in [-0.15, -0.1) is 0 Å². The van der Waals surface area contributed by atoms with Gasteiger partial charge >= 0.3 is 0 Å². The molecule has 0 radical (unpaired) electrons. The fourth-order valence-electron chi connectivity index (χ4n) is 0.446. The molecule has 0 aromatic carbocycles. The van der Waals surface area contributed by atoms with Gasteiger partial charge in [0.2, 0.25) is 0 Å². The second-order valence-electron chi connectivity index (χ2n) is 2.04. The third kappa shape index (κ3) is 5.04. The van der Waals surface area contributed by atoms with E-state index in [-0.39, 0.29) is 5.96 Å². The third-order valence-corrected chi connectivity index (χ3v) is 0.672. The minimum atomic E-state index is -0.657. The molecule has 58 valence electrons. The van der Waals surface area contributed by atoms with Gasteiger partial charge in [0.05, 0.1) is 0 Å². The number of nitrogens with two attached hydrogens (primary N) is 3. The molecule has 0 aromatic rings. The highest BCUT2D eigenvalue weighted by Gasteiger charge is 1.92. The van der Waals surface area contributed by atoms with E-state index in [1.54, 1.807) is 0 Å². The van der Waals surface area contributed by atoms with Crippen molar-refractivity contribution in [1.82, 2.24) is 0 Å². The number of aliphatic imine (C=N–C) groups is 2. The molecule has 0 aliphatic carbocycles. The Morgan fingerprint density at radius 3 is 2.00 bits per heavy atom. The number of guanidine groups is 1. The Morgan fingerprint density at radius 1 is 1.20 bits per heavy atom. The molecule has 1 unspecified atom stereocenters. The quantitative estimate of drug-likeness (QED) is 0.340. The minimum absolute atomic E-state index is 0.0440. The van der Waals surface area contributed by atoms with E-state index >= 15 is 0 Å². The van der Waals surface area contributed by atoms with E-state index in [0.29, 0.717) is 0 Å². The van der Waals surface area contributed by atoms with Crippen LogP contribution in [-0.2, 0) is 0 Å². The summed E-state index contributed by atoms with van der Waals surface area (Å²) < 4.78 is 0. The number of nitrogens with zero attached hydrogens (tertiary/aromatic N) is 2. The standard InChI is InChI=1S/C5H13N5/c1-3(2)9-5(8)10-4(6)7/h5H,8H2,1-2H3,(H4,6,7,10). The molecule has 0 heterocycles. The van der Waals surface area contributed by atoms with E-state index in [2.05, 4.69) is 9.98 Å². The number of rotatable bonds is 2. The van der Waals surface area contributed by atoms with Gasteiger partial charge in [-0.25, -0.2) is 4.99 Å². The Balaban J connectivity index is 3.99. The van der Waals surface area contributed by atoms with Crippen LogP contribution >= 0.6 is 0 Å². The molecule has 0 aliphatic rings. The molecule has 10 heavy (non-hydrogen) atoms. The number of hydrogen-bond acceptors (Lipinski definition) is 3. The Hall–Kier alpha value is -1.10. The van der Waals surface area contributed by atoms with Gasteiger partial charge in [-0.05, 0) is 13.8 Å².